The van der Waals surface area contributed by atoms with Gasteiger partial charge in [0.15, 0.2) is 11.3 Å². The Labute approximate surface area is 173 Å². The molecule has 3 aromatic rings. The summed E-state index contributed by atoms with van der Waals surface area (Å²) in [6.45, 7) is 2.68. The third-order valence-electron chi connectivity index (χ3n) is 5.55. The highest BCUT2D eigenvalue weighted by molar-refractivity contribution is 5.85. The predicted molar refractivity (Wildman–Crippen MR) is 118 cm³/mol. The number of Topliss-reactive ketones (excluding diaryl/α,β-unsaturated/α-hetero) is 1. The van der Waals surface area contributed by atoms with E-state index in [2.05, 4.69) is 28.8 Å². The average molecular weight is 394 g/mol. The zero-order chi connectivity index (χ0) is 20.5. The van der Waals surface area contributed by atoms with E-state index in [1.165, 1.54) is 44.0 Å². The molecule has 0 aliphatic heterocycles. The van der Waals surface area contributed by atoms with Crippen LogP contribution in [-0.4, -0.2) is 17.9 Å². The number of aromatic nitrogens is 2. The van der Waals surface area contributed by atoms with E-state index in [0.29, 0.717) is 5.78 Å². The fourth-order valence-corrected chi connectivity index (χ4v) is 3.99. The van der Waals surface area contributed by atoms with E-state index in [0.717, 1.165) is 48.1 Å². The van der Waals surface area contributed by atoms with Crippen LogP contribution in [-0.2, 0) is 11.3 Å². The number of unbranched alkanes of at least 4 members (excludes halogenated alkanes) is 7. The summed E-state index contributed by atoms with van der Waals surface area (Å²) in [6.07, 6.45) is 10.5. The van der Waals surface area contributed by atoms with E-state index in [9.17, 15) is 4.79 Å². The van der Waals surface area contributed by atoms with Crippen LogP contribution in [0.15, 0.2) is 42.5 Å². The highest BCUT2D eigenvalue weighted by Crippen LogP contribution is 2.23. The van der Waals surface area contributed by atoms with Gasteiger partial charge < -0.3 is 9.53 Å². The number of aryl methyl sites for hydroxylation is 1. The maximum absolute atomic E-state index is 11.0. The van der Waals surface area contributed by atoms with Crippen molar-refractivity contribution in [2.45, 2.75) is 71.3 Å². The maximum atomic E-state index is 11.0. The fraction of sp³-hybridized carbons (Fsp3) is 0.480. The van der Waals surface area contributed by atoms with Gasteiger partial charge in [-0.3, -0.25) is 0 Å². The van der Waals surface area contributed by atoms with Crippen molar-refractivity contribution in [3.63, 3.8) is 0 Å². The van der Waals surface area contributed by atoms with E-state index in [1.807, 2.05) is 18.2 Å². The summed E-state index contributed by atoms with van der Waals surface area (Å²) in [5, 5.41) is 0. The number of benzene rings is 2. The number of ether oxygens (including phenoxy) is 1. The predicted octanol–water partition coefficient (Wildman–Crippen LogP) is 5.78. The number of methoxy groups -OCH3 is 1. The number of ketones is 1. The number of hydrogen-bond acceptors (Lipinski definition) is 3. The zero-order valence-electron chi connectivity index (χ0n) is 17.8. The van der Waals surface area contributed by atoms with Crippen molar-refractivity contribution >= 4 is 27.9 Å². The number of carbonyl (C=O) groups is 1. The van der Waals surface area contributed by atoms with Crippen LogP contribution in [0.25, 0.3) is 22.1 Å². The monoisotopic (exact) mass is 393 g/mol. The van der Waals surface area contributed by atoms with Crippen molar-refractivity contribution in [1.29, 1.82) is 0 Å². The van der Waals surface area contributed by atoms with E-state index in [4.69, 9.17) is 9.72 Å². The molecule has 0 bridgehead atoms. The lowest BCUT2D eigenvalue weighted by molar-refractivity contribution is -0.646. The fourth-order valence-electron chi connectivity index (χ4n) is 3.99. The van der Waals surface area contributed by atoms with E-state index < -0.39 is 0 Å². The maximum Gasteiger partial charge on any atom is 0.235 e. The van der Waals surface area contributed by atoms with E-state index in [1.54, 1.807) is 14.0 Å². The van der Waals surface area contributed by atoms with Crippen LogP contribution in [0.4, 0.5) is 0 Å². The number of rotatable bonds is 12. The summed E-state index contributed by atoms with van der Waals surface area (Å²) >= 11 is 0. The van der Waals surface area contributed by atoms with Gasteiger partial charge >= 0.3 is 0 Å². The Bertz CT molecular complexity index is 952. The lowest BCUT2D eigenvalue weighted by atomic mass is 10.1. The van der Waals surface area contributed by atoms with Crippen LogP contribution in [0.3, 0.4) is 0 Å². The van der Waals surface area contributed by atoms with Crippen molar-refractivity contribution in [3.8, 4) is 5.75 Å². The number of para-hydroxylation sites is 3. The molecule has 4 heteroatoms. The molecule has 0 aliphatic carbocycles. The van der Waals surface area contributed by atoms with Crippen LogP contribution in [0.1, 0.15) is 64.7 Å². The molecule has 0 fully saturated rings. The van der Waals surface area contributed by atoms with Gasteiger partial charge in [-0.1, -0.05) is 50.3 Å². The largest absolute Gasteiger partial charge is 0.494 e. The molecular formula is C25H33N2O2+. The molecule has 154 valence electrons. The van der Waals surface area contributed by atoms with Crippen LogP contribution in [0.2, 0.25) is 0 Å². The molecule has 3 rings (SSSR count). The second-order valence-corrected chi connectivity index (χ2v) is 7.86. The molecule has 0 aliphatic rings. The molecule has 0 N–H and O–H groups in total. The molecule has 1 heterocycles. The Morgan fingerprint density at radius 2 is 1.52 bits per heavy atom. The average Bonchev–Trinajstić information content (AvgIpc) is 2.73. The summed E-state index contributed by atoms with van der Waals surface area (Å²) in [5.74, 6) is 1.14. The first kappa shape index (κ1) is 21.2. The molecule has 2 aromatic carbocycles. The molecule has 0 saturated carbocycles. The number of carbonyl (C=O) groups excluding carboxylic acids is 1. The summed E-state index contributed by atoms with van der Waals surface area (Å²) in [4.78, 5) is 15.8. The lowest BCUT2D eigenvalue weighted by Gasteiger charge is -2.08. The molecule has 0 unspecified atom stereocenters. The van der Waals surface area contributed by atoms with Gasteiger partial charge in [0, 0.05) is 25.0 Å². The number of nitrogens with zero attached hydrogens (tertiary/aromatic N) is 2. The van der Waals surface area contributed by atoms with Crippen molar-refractivity contribution in [1.82, 2.24) is 4.98 Å². The smallest absolute Gasteiger partial charge is 0.235 e. The standard InChI is InChI=1S/C25H33N2O2/c1-20(28)14-9-7-5-3-4-6-8-12-19-27-22-16-11-10-15-21(22)26-25-23(27)17-13-18-24(25)29-2/h10-11,13,15-18H,3-9,12,14,19H2,1-2H3/q+1. The van der Waals surface area contributed by atoms with Crippen LogP contribution in [0, 0.1) is 0 Å². The molecule has 0 saturated heterocycles. The zero-order valence-corrected chi connectivity index (χ0v) is 17.8. The van der Waals surface area contributed by atoms with Gasteiger partial charge in [0.1, 0.15) is 17.8 Å². The second kappa shape index (κ2) is 10.9. The Balaban J connectivity index is 1.56. The Morgan fingerprint density at radius 1 is 0.862 bits per heavy atom. The molecule has 29 heavy (non-hydrogen) atoms. The molecule has 1 aromatic heterocycles. The first-order valence-corrected chi connectivity index (χ1v) is 11.0. The normalized spacial score (nSPS) is 11.2. The minimum atomic E-state index is 0.316. The van der Waals surface area contributed by atoms with Crippen molar-refractivity contribution in [2.24, 2.45) is 0 Å². The van der Waals surface area contributed by atoms with Gasteiger partial charge in [0.25, 0.3) is 0 Å². The van der Waals surface area contributed by atoms with Crippen LogP contribution < -0.4 is 9.30 Å². The van der Waals surface area contributed by atoms with Gasteiger partial charge in [-0.05, 0) is 31.9 Å². The molecule has 0 radical (unpaired) electrons. The molecular weight excluding hydrogens is 360 g/mol. The minimum absolute atomic E-state index is 0.316. The lowest BCUT2D eigenvalue weighted by Crippen LogP contribution is -2.36. The summed E-state index contributed by atoms with van der Waals surface area (Å²) in [7, 11) is 1.70. The summed E-state index contributed by atoms with van der Waals surface area (Å²) < 4.78 is 7.94. The Kier molecular flexibility index (Phi) is 7.97. The van der Waals surface area contributed by atoms with Crippen molar-refractivity contribution in [2.75, 3.05) is 7.11 Å². The van der Waals surface area contributed by atoms with E-state index >= 15 is 0 Å². The minimum Gasteiger partial charge on any atom is -0.494 e. The molecule has 0 spiro atoms. The highest BCUT2D eigenvalue weighted by atomic mass is 16.5. The number of fused-ring (bicyclic) bond motifs is 2. The quantitative estimate of drug-likeness (QED) is 0.222. The van der Waals surface area contributed by atoms with Crippen molar-refractivity contribution in [3.05, 3.63) is 42.5 Å². The van der Waals surface area contributed by atoms with Gasteiger partial charge in [0.2, 0.25) is 11.0 Å². The number of hydrogen-bond donors (Lipinski definition) is 0. The summed E-state index contributed by atoms with van der Waals surface area (Å²) in [5.41, 5.74) is 4.25. The second-order valence-electron chi connectivity index (χ2n) is 7.86. The van der Waals surface area contributed by atoms with E-state index in [-0.39, 0.29) is 0 Å². The van der Waals surface area contributed by atoms with Gasteiger partial charge in [0.05, 0.1) is 7.11 Å². The molecule has 0 atom stereocenters. The first-order chi connectivity index (χ1) is 14.2. The Hall–Kier alpha value is -2.49. The first-order valence-electron chi connectivity index (χ1n) is 11.0. The summed E-state index contributed by atoms with van der Waals surface area (Å²) in [6, 6.07) is 14.5. The van der Waals surface area contributed by atoms with Gasteiger partial charge in [-0.15, -0.1) is 0 Å². The van der Waals surface area contributed by atoms with Crippen molar-refractivity contribution < 1.29 is 14.1 Å². The molecule has 4 nitrogen and oxygen atoms in total. The van der Waals surface area contributed by atoms with Crippen LogP contribution >= 0.6 is 0 Å². The highest BCUT2D eigenvalue weighted by Gasteiger charge is 2.18. The third-order valence-corrected chi connectivity index (χ3v) is 5.55. The molecule has 0 amide bonds. The van der Waals surface area contributed by atoms with Crippen LogP contribution in [0.5, 0.6) is 5.75 Å². The SMILES string of the molecule is COc1cccc2c1nc1ccccc1[n+]2CCCCCCCCCCC(C)=O. The van der Waals surface area contributed by atoms with Gasteiger partial charge in [-0.25, -0.2) is 4.98 Å². The Morgan fingerprint density at radius 3 is 2.24 bits per heavy atom. The topological polar surface area (TPSA) is 43.1 Å². The van der Waals surface area contributed by atoms with Gasteiger partial charge in [-0.2, -0.15) is 4.57 Å². The third kappa shape index (κ3) is 5.75.